The summed E-state index contributed by atoms with van der Waals surface area (Å²) in [5, 5.41) is 7.36. The van der Waals surface area contributed by atoms with Gasteiger partial charge in [-0.1, -0.05) is 0 Å². The van der Waals surface area contributed by atoms with Crippen molar-refractivity contribution in [2.45, 2.75) is 6.54 Å². The van der Waals surface area contributed by atoms with Gasteiger partial charge in [0.25, 0.3) is 0 Å². The molecule has 0 spiro atoms. The minimum Gasteiger partial charge on any atom is -0.480 e. The van der Waals surface area contributed by atoms with Crippen molar-refractivity contribution in [3.63, 3.8) is 0 Å². The molecule has 0 aromatic carbocycles. The van der Waals surface area contributed by atoms with Gasteiger partial charge in [-0.15, -0.1) is 0 Å². The predicted molar refractivity (Wildman–Crippen MR) is 68.9 cm³/mol. The normalized spacial score (nSPS) is 10.6. The SMILES string of the molecule is COc1cncc(CNc2nccn3nccc23)n1. The van der Waals surface area contributed by atoms with E-state index in [4.69, 9.17) is 4.74 Å². The van der Waals surface area contributed by atoms with Crippen molar-refractivity contribution >= 4 is 11.3 Å². The van der Waals surface area contributed by atoms with Crippen LogP contribution in [0.1, 0.15) is 5.69 Å². The molecule has 1 N–H and O–H groups in total. The van der Waals surface area contributed by atoms with Crippen LogP contribution < -0.4 is 10.1 Å². The molecule has 0 saturated heterocycles. The van der Waals surface area contributed by atoms with Crippen molar-refractivity contribution in [3.8, 4) is 5.88 Å². The Bertz CT molecular complexity index is 695. The second kappa shape index (κ2) is 4.89. The smallest absolute Gasteiger partial charge is 0.232 e. The van der Waals surface area contributed by atoms with E-state index in [2.05, 4.69) is 25.4 Å². The summed E-state index contributed by atoms with van der Waals surface area (Å²) in [5.41, 5.74) is 1.70. The number of methoxy groups -OCH3 is 1. The van der Waals surface area contributed by atoms with Gasteiger partial charge in [-0.2, -0.15) is 5.10 Å². The van der Waals surface area contributed by atoms with Crippen LogP contribution in [0.5, 0.6) is 5.88 Å². The van der Waals surface area contributed by atoms with Gasteiger partial charge in [0.1, 0.15) is 5.52 Å². The first-order valence-electron chi connectivity index (χ1n) is 5.74. The topological polar surface area (TPSA) is 77.2 Å². The second-order valence-corrected chi connectivity index (χ2v) is 3.84. The molecule has 0 unspecified atom stereocenters. The van der Waals surface area contributed by atoms with Gasteiger partial charge in [-0.25, -0.2) is 14.5 Å². The second-order valence-electron chi connectivity index (χ2n) is 3.84. The molecule has 0 bridgehead atoms. The number of ether oxygens (including phenoxy) is 1. The molecule has 0 aliphatic carbocycles. The van der Waals surface area contributed by atoms with E-state index in [0.29, 0.717) is 12.4 Å². The van der Waals surface area contributed by atoms with Crippen molar-refractivity contribution in [2.24, 2.45) is 0 Å². The van der Waals surface area contributed by atoms with E-state index in [1.807, 2.05) is 6.07 Å². The lowest BCUT2D eigenvalue weighted by Gasteiger charge is -2.07. The summed E-state index contributed by atoms with van der Waals surface area (Å²) in [4.78, 5) is 12.6. The van der Waals surface area contributed by atoms with E-state index >= 15 is 0 Å². The van der Waals surface area contributed by atoms with Crippen LogP contribution >= 0.6 is 0 Å². The predicted octanol–water partition coefficient (Wildman–Crippen LogP) is 1.14. The lowest BCUT2D eigenvalue weighted by molar-refractivity contribution is 0.394. The van der Waals surface area contributed by atoms with Crippen molar-refractivity contribution in [1.29, 1.82) is 0 Å². The molecule has 0 saturated carbocycles. The molecule has 0 aliphatic heterocycles. The number of rotatable bonds is 4. The summed E-state index contributed by atoms with van der Waals surface area (Å²) >= 11 is 0. The van der Waals surface area contributed by atoms with E-state index in [1.165, 1.54) is 0 Å². The van der Waals surface area contributed by atoms with Crippen LogP contribution in [-0.2, 0) is 6.54 Å². The van der Waals surface area contributed by atoms with Gasteiger partial charge in [0.2, 0.25) is 5.88 Å². The number of hydrogen-bond acceptors (Lipinski definition) is 6. The Morgan fingerprint density at radius 2 is 2.26 bits per heavy atom. The Morgan fingerprint density at radius 3 is 3.16 bits per heavy atom. The Kier molecular flexibility index (Phi) is 2.93. The highest BCUT2D eigenvalue weighted by molar-refractivity contribution is 5.66. The van der Waals surface area contributed by atoms with Crippen LogP contribution in [-0.4, -0.2) is 31.7 Å². The summed E-state index contributed by atoms with van der Waals surface area (Å²) in [6.07, 6.45) is 8.48. The molecule has 7 nitrogen and oxygen atoms in total. The minimum absolute atomic E-state index is 0.495. The molecular formula is C12H12N6O. The van der Waals surface area contributed by atoms with Crippen LogP contribution in [0.15, 0.2) is 37.1 Å². The molecule has 0 atom stereocenters. The van der Waals surface area contributed by atoms with Gasteiger partial charge in [-0.3, -0.25) is 4.98 Å². The molecule has 0 amide bonds. The van der Waals surface area contributed by atoms with Crippen LogP contribution in [0.2, 0.25) is 0 Å². The molecule has 3 heterocycles. The average molecular weight is 256 g/mol. The van der Waals surface area contributed by atoms with Gasteiger partial charge in [0, 0.05) is 12.4 Å². The zero-order chi connectivity index (χ0) is 13.1. The molecule has 19 heavy (non-hydrogen) atoms. The van der Waals surface area contributed by atoms with E-state index < -0.39 is 0 Å². The zero-order valence-electron chi connectivity index (χ0n) is 10.3. The number of nitrogens with zero attached hydrogens (tertiary/aromatic N) is 5. The Hall–Kier alpha value is -2.70. The molecular weight excluding hydrogens is 244 g/mol. The summed E-state index contributed by atoms with van der Waals surface area (Å²) in [6.45, 7) is 0.516. The molecule has 3 aromatic rings. The maximum Gasteiger partial charge on any atom is 0.232 e. The third-order valence-electron chi connectivity index (χ3n) is 2.63. The van der Waals surface area contributed by atoms with Gasteiger partial charge < -0.3 is 10.1 Å². The minimum atomic E-state index is 0.495. The highest BCUT2D eigenvalue weighted by Crippen LogP contribution is 2.13. The fourth-order valence-corrected chi connectivity index (χ4v) is 1.74. The third kappa shape index (κ3) is 2.30. The Balaban J connectivity index is 1.80. The lowest BCUT2D eigenvalue weighted by atomic mass is 10.4. The third-order valence-corrected chi connectivity index (χ3v) is 2.63. The van der Waals surface area contributed by atoms with E-state index in [9.17, 15) is 0 Å². The molecule has 0 radical (unpaired) electrons. The number of nitrogens with one attached hydrogen (secondary N) is 1. The van der Waals surface area contributed by atoms with Gasteiger partial charge >= 0.3 is 0 Å². The average Bonchev–Trinajstić information content (AvgIpc) is 2.94. The monoisotopic (exact) mass is 256 g/mol. The van der Waals surface area contributed by atoms with Crippen LogP contribution in [0.3, 0.4) is 0 Å². The van der Waals surface area contributed by atoms with Gasteiger partial charge in [-0.05, 0) is 6.07 Å². The van der Waals surface area contributed by atoms with Crippen molar-refractivity contribution in [2.75, 3.05) is 12.4 Å². The number of anilines is 1. The van der Waals surface area contributed by atoms with E-state index in [0.717, 1.165) is 17.0 Å². The summed E-state index contributed by atoms with van der Waals surface area (Å²) in [5.74, 6) is 1.25. The summed E-state index contributed by atoms with van der Waals surface area (Å²) in [6, 6.07) is 1.90. The number of hydrogen-bond donors (Lipinski definition) is 1. The quantitative estimate of drug-likeness (QED) is 0.754. The van der Waals surface area contributed by atoms with Crippen molar-refractivity contribution in [3.05, 3.63) is 42.7 Å². The molecule has 7 heteroatoms. The first-order valence-corrected chi connectivity index (χ1v) is 5.74. The summed E-state index contributed by atoms with van der Waals surface area (Å²) < 4.78 is 6.79. The van der Waals surface area contributed by atoms with Gasteiger partial charge in [0.15, 0.2) is 5.82 Å². The van der Waals surface area contributed by atoms with Gasteiger partial charge in [0.05, 0.1) is 37.9 Å². The number of fused-ring (bicyclic) bond motifs is 1. The fraction of sp³-hybridized carbons (Fsp3) is 0.167. The van der Waals surface area contributed by atoms with Crippen LogP contribution in [0.25, 0.3) is 5.52 Å². The molecule has 0 aliphatic rings. The Morgan fingerprint density at radius 1 is 1.32 bits per heavy atom. The van der Waals surface area contributed by atoms with Crippen molar-refractivity contribution in [1.82, 2.24) is 24.6 Å². The number of aromatic nitrogens is 5. The highest BCUT2D eigenvalue weighted by Gasteiger charge is 2.04. The first-order chi connectivity index (χ1) is 9.36. The maximum absolute atomic E-state index is 5.03. The molecule has 3 aromatic heterocycles. The fourth-order valence-electron chi connectivity index (χ4n) is 1.74. The van der Waals surface area contributed by atoms with E-state index in [-0.39, 0.29) is 0 Å². The molecule has 96 valence electrons. The maximum atomic E-state index is 5.03. The molecule has 0 fully saturated rings. The van der Waals surface area contributed by atoms with Crippen molar-refractivity contribution < 1.29 is 4.74 Å². The largest absolute Gasteiger partial charge is 0.480 e. The first kappa shape index (κ1) is 11.4. The summed E-state index contributed by atoms with van der Waals surface area (Å²) in [7, 11) is 1.57. The highest BCUT2D eigenvalue weighted by atomic mass is 16.5. The van der Waals surface area contributed by atoms with E-state index in [1.54, 1.807) is 42.6 Å². The zero-order valence-corrected chi connectivity index (χ0v) is 10.3. The standard InChI is InChI=1S/C12H12N6O/c1-19-11-8-13-6-9(17-11)7-15-12-10-2-3-16-18(10)5-4-14-12/h2-6,8H,7H2,1H3,(H,14,15). The lowest BCUT2D eigenvalue weighted by Crippen LogP contribution is -2.06. The van der Waals surface area contributed by atoms with Crippen LogP contribution in [0.4, 0.5) is 5.82 Å². The molecule has 3 rings (SSSR count). The van der Waals surface area contributed by atoms with Crippen LogP contribution in [0, 0.1) is 0 Å². The Labute approximate surface area is 109 Å².